The van der Waals surface area contributed by atoms with E-state index in [9.17, 15) is 17.2 Å². The summed E-state index contributed by atoms with van der Waals surface area (Å²) in [6, 6.07) is 6.92. The normalized spacial score (nSPS) is 11.8. The zero-order chi connectivity index (χ0) is 17.5. The Bertz CT molecular complexity index is 1030. The van der Waals surface area contributed by atoms with Crippen LogP contribution in [0.2, 0.25) is 0 Å². The van der Waals surface area contributed by atoms with E-state index in [-0.39, 0.29) is 22.8 Å². The molecule has 7 heteroatoms. The van der Waals surface area contributed by atoms with Crippen molar-refractivity contribution in [2.75, 3.05) is 6.26 Å². The van der Waals surface area contributed by atoms with Crippen molar-refractivity contribution in [2.24, 2.45) is 0 Å². The molecule has 0 aliphatic heterocycles. The molecule has 1 aromatic heterocycles. The van der Waals surface area contributed by atoms with E-state index in [1.165, 1.54) is 24.3 Å². The monoisotopic (exact) mass is 351 g/mol. The molecule has 0 aliphatic rings. The smallest absolute Gasteiger partial charge is 0.168 e. The summed E-state index contributed by atoms with van der Waals surface area (Å²) < 4.78 is 56.9. The fourth-order valence-corrected chi connectivity index (χ4v) is 3.35. The van der Waals surface area contributed by atoms with Crippen LogP contribution in [-0.2, 0) is 15.6 Å². The van der Waals surface area contributed by atoms with Gasteiger partial charge in [-0.2, -0.15) is 0 Å². The molecule has 0 saturated heterocycles. The van der Waals surface area contributed by atoms with Crippen LogP contribution >= 0.6 is 0 Å². The van der Waals surface area contributed by atoms with Crippen LogP contribution in [0.25, 0.3) is 10.9 Å². The Morgan fingerprint density at radius 1 is 1.12 bits per heavy atom. The first-order valence-corrected chi connectivity index (χ1v) is 9.21. The van der Waals surface area contributed by atoms with E-state index in [2.05, 4.69) is 4.98 Å². The Morgan fingerprint density at radius 3 is 2.54 bits per heavy atom. The van der Waals surface area contributed by atoms with E-state index in [1.54, 1.807) is 19.2 Å². The van der Waals surface area contributed by atoms with Gasteiger partial charge in [0, 0.05) is 35.0 Å². The zero-order valence-corrected chi connectivity index (χ0v) is 13.9. The molecule has 0 unspecified atom stereocenters. The van der Waals surface area contributed by atoms with Crippen LogP contribution in [0.1, 0.15) is 11.1 Å². The summed E-state index contributed by atoms with van der Waals surface area (Å²) in [6.07, 6.45) is 2.67. The highest BCUT2D eigenvalue weighted by atomic mass is 32.2. The molecule has 0 saturated carbocycles. The van der Waals surface area contributed by atoms with Gasteiger partial charge in [-0.15, -0.1) is 0 Å². The predicted molar refractivity (Wildman–Crippen MR) is 88.0 cm³/mol. The third-order valence-corrected chi connectivity index (χ3v) is 4.44. The van der Waals surface area contributed by atoms with Crippen molar-refractivity contribution >= 4 is 20.7 Å². The molecule has 0 atom stereocenters. The van der Waals surface area contributed by atoms with Crippen molar-refractivity contribution in [1.82, 2.24) is 4.98 Å². The van der Waals surface area contributed by atoms with Crippen molar-refractivity contribution in [2.45, 2.75) is 12.7 Å². The molecule has 1 N–H and O–H groups in total. The number of hydrogen-bond donors (Lipinski definition) is 1. The molecule has 0 bridgehead atoms. The number of benzene rings is 2. The first-order valence-electron chi connectivity index (χ1n) is 7.15. The highest BCUT2D eigenvalue weighted by Gasteiger charge is 2.20. The molecule has 24 heavy (non-hydrogen) atoms. The number of aromatic amines is 1. The lowest BCUT2D eigenvalue weighted by molar-refractivity contribution is 0.437. The lowest BCUT2D eigenvalue weighted by atomic mass is 10.1. The molecule has 3 rings (SSSR count). The number of aryl methyl sites for hydroxylation is 1. The van der Waals surface area contributed by atoms with E-state index >= 15 is 0 Å². The average Bonchev–Trinajstić information content (AvgIpc) is 2.93. The number of nitrogens with one attached hydrogen (secondary N) is 1. The van der Waals surface area contributed by atoms with Gasteiger partial charge in [-0.1, -0.05) is 0 Å². The van der Waals surface area contributed by atoms with Crippen LogP contribution in [-0.4, -0.2) is 19.7 Å². The molecular formula is C17H15F2NO3S. The summed E-state index contributed by atoms with van der Waals surface area (Å²) in [7, 11) is -3.41. The summed E-state index contributed by atoms with van der Waals surface area (Å²) in [4.78, 5) is 2.85. The Balaban J connectivity index is 2.16. The molecule has 2 aromatic carbocycles. The Labute approximate surface area is 138 Å². The van der Waals surface area contributed by atoms with Gasteiger partial charge in [0.25, 0.3) is 0 Å². The van der Waals surface area contributed by atoms with Crippen LogP contribution in [0.4, 0.5) is 8.78 Å². The third-order valence-electron chi connectivity index (χ3n) is 3.62. The molecule has 0 spiro atoms. The minimum Gasteiger partial charge on any atom is -0.454 e. The van der Waals surface area contributed by atoms with E-state index in [1.807, 2.05) is 0 Å². The Kier molecular flexibility index (Phi) is 4.04. The zero-order valence-electron chi connectivity index (χ0n) is 13.1. The van der Waals surface area contributed by atoms with Gasteiger partial charge in [0.15, 0.2) is 21.4 Å². The number of aromatic nitrogens is 1. The molecule has 0 fully saturated rings. The number of ether oxygens (including phenoxy) is 1. The van der Waals surface area contributed by atoms with Crippen LogP contribution in [0.3, 0.4) is 0 Å². The summed E-state index contributed by atoms with van der Waals surface area (Å²) in [5.41, 5.74) is 1.06. The Hall–Kier alpha value is -2.41. The molecular weight excluding hydrogens is 336 g/mol. The second-order valence-electron chi connectivity index (χ2n) is 5.69. The van der Waals surface area contributed by atoms with Gasteiger partial charge >= 0.3 is 0 Å². The first-order chi connectivity index (χ1) is 11.2. The lowest BCUT2D eigenvalue weighted by Gasteiger charge is -2.14. The SMILES string of the molecule is Cc1cc(Oc2c(F)cc3[nH]ccc3c2CS(C)(=O)=O)ccc1F. The van der Waals surface area contributed by atoms with Gasteiger partial charge in [-0.3, -0.25) is 0 Å². The maximum Gasteiger partial charge on any atom is 0.168 e. The van der Waals surface area contributed by atoms with Gasteiger partial charge in [-0.05, 0) is 36.8 Å². The minimum absolute atomic E-state index is 0.168. The van der Waals surface area contributed by atoms with Crippen LogP contribution in [0.15, 0.2) is 36.5 Å². The highest BCUT2D eigenvalue weighted by Crippen LogP contribution is 2.35. The summed E-state index contributed by atoms with van der Waals surface area (Å²) in [5.74, 6) is -1.39. The summed E-state index contributed by atoms with van der Waals surface area (Å²) >= 11 is 0. The average molecular weight is 351 g/mol. The highest BCUT2D eigenvalue weighted by molar-refractivity contribution is 7.89. The molecule has 1 heterocycles. The topological polar surface area (TPSA) is 59.2 Å². The summed E-state index contributed by atoms with van der Waals surface area (Å²) in [5, 5.41) is 0.565. The number of sulfone groups is 1. The van der Waals surface area contributed by atoms with Gasteiger partial charge in [0.2, 0.25) is 0 Å². The van der Waals surface area contributed by atoms with Crippen LogP contribution in [0, 0.1) is 18.6 Å². The fraction of sp³-hybridized carbons (Fsp3) is 0.176. The minimum atomic E-state index is -3.41. The van der Waals surface area contributed by atoms with Gasteiger partial charge in [-0.25, -0.2) is 17.2 Å². The Morgan fingerprint density at radius 2 is 1.88 bits per heavy atom. The van der Waals surface area contributed by atoms with Crippen molar-refractivity contribution in [3.05, 3.63) is 59.3 Å². The van der Waals surface area contributed by atoms with E-state index in [4.69, 9.17) is 4.74 Å². The van der Waals surface area contributed by atoms with E-state index in [0.29, 0.717) is 16.5 Å². The molecule has 0 aliphatic carbocycles. The summed E-state index contributed by atoms with van der Waals surface area (Å²) in [6.45, 7) is 1.56. The van der Waals surface area contributed by atoms with Gasteiger partial charge < -0.3 is 9.72 Å². The fourth-order valence-electron chi connectivity index (χ4n) is 2.54. The maximum atomic E-state index is 14.5. The quantitative estimate of drug-likeness (QED) is 0.770. The molecule has 0 radical (unpaired) electrons. The van der Waals surface area contributed by atoms with Crippen LogP contribution in [0.5, 0.6) is 11.5 Å². The molecule has 126 valence electrons. The maximum absolute atomic E-state index is 14.5. The number of hydrogen-bond acceptors (Lipinski definition) is 3. The van der Waals surface area contributed by atoms with Crippen molar-refractivity contribution in [3.63, 3.8) is 0 Å². The number of halogens is 2. The van der Waals surface area contributed by atoms with Gasteiger partial charge in [0.1, 0.15) is 11.6 Å². The third kappa shape index (κ3) is 3.26. The number of rotatable bonds is 4. The predicted octanol–water partition coefficient (Wildman–Crippen LogP) is 4.09. The van der Waals surface area contributed by atoms with E-state index < -0.39 is 21.5 Å². The second kappa shape index (κ2) is 5.90. The largest absolute Gasteiger partial charge is 0.454 e. The first kappa shape index (κ1) is 16.4. The molecule has 4 nitrogen and oxygen atoms in total. The van der Waals surface area contributed by atoms with E-state index in [0.717, 1.165) is 6.26 Å². The molecule has 0 amide bonds. The van der Waals surface area contributed by atoms with Gasteiger partial charge in [0.05, 0.1) is 5.75 Å². The lowest BCUT2D eigenvalue weighted by Crippen LogP contribution is -2.05. The number of fused-ring (bicyclic) bond motifs is 1. The van der Waals surface area contributed by atoms with Crippen LogP contribution < -0.4 is 4.74 Å². The second-order valence-corrected chi connectivity index (χ2v) is 7.83. The molecule has 3 aromatic rings. The van der Waals surface area contributed by atoms with Crippen molar-refractivity contribution in [1.29, 1.82) is 0 Å². The van der Waals surface area contributed by atoms with Crippen molar-refractivity contribution in [3.8, 4) is 11.5 Å². The van der Waals surface area contributed by atoms with Crippen molar-refractivity contribution < 1.29 is 21.9 Å². The standard InChI is InChI=1S/C17H15F2NO3S/c1-10-7-11(3-4-14(10)18)23-17-13(9-24(2,21)22)12-5-6-20-16(12)8-15(17)19/h3-8,20H,9H2,1-2H3. The number of H-pyrrole nitrogens is 1.